The van der Waals surface area contributed by atoms with Crippen LogP contribution in [0.3, 0.4) is 0 Å². The summed E-state index contributed by atoms with van der Waals surface area (Å²) in [6.45, 7) is 6.62. The van der Waals surface area contributed by atoms with Crippen molar-refractivity contribution in [2.75, 3.05) is 0 Å². The number of Topliss-reactive ketones (excluding diaryl/α,β-unsaturated/α-hetero) is 1. The highest BCUT2D eigenvalue weighted by Crippen LogP contribution is 2.47. The number of hydroxylamine groups is 1. The van der Waals surface area contributed by atoms with E-state index in [0.29, 0.717) is 5.56 Å². The highest BCUT2D eigenvalue weighted by Gasteiger charge is 2.60. The van der Waals surface area contributed by atoms with Gasteiger partial charge in [-0.1, -0.05) is 70.2 Å². The minimum absolute atomic E-state index is 0.0503. The third-order valence-corrected chi connectivity index (χ3v) is 5.35. The lowest BCUT2D eigenvalue weighted by Gasteiger charge is -2.41. The molecule has 1 aromatic rings. The van der Waals surface area contributed by atoms with E-state index in [1.807, 2.05) is 5.43 Å². The first-order chi connectivity index (χ1) is 15.3. The van der Waals surface area contributed by atoms with Crippen LogP contribution in [0, 0.1) is 29.1 Å². The van der Waals surface area contributed by atoms with Crippen LogP contribution in [-0.4, -0.2) is 29.0 Å². The van der Waals surface area contributed by atoms with Crippen molar-refractivity contribution >= 4 is 23.7 Å². The summed E-state index contributed by atoms with van der Waals surface area (Å²) in [5.41, 5.74) is 1.27. The molecule has 1 rings (SSSR count). The predicted octanol–water partition coefficient (Wildman–Crippen LogP) is 3.64. The van der Waals surface area contributed by atoms with Crippen LogP contribution in [0.15, 0.2) is 36.4 Å². The van der Waals surface area contributed by atoms with Crippen LogP contribution in [0.4, 0.5) is 13.2 Å². The molecule has 0 aromatic heterocycles. The van der Waals surface area contributed by atoms with Crippen molar-refractivity contribution in [1.82, 2.24) is 10.9 Å². The Morgan fingerprint density at radius 1 is 1.03 bits per heavy atom. The van der Waals surface area contributed by atoms with Crippen molar-refractivity contribution in [3.8, 4) is 0 Å². The van der Waals surface area contributed by atoms with Crippen molar-refractivity contribution in [2.24, 2.45) is 34.9 Å². The van der Waals surface area contributed by atoms with Crippen LogP contribution in [-0.2, 0) is 14.4 Å². The van der Waals surface area contributed by atoms with Gasteiger partial charge in [0.15, 0.2) is 0 Å². The number of carbonyl (C=O) groups excluding carboxylic acids is 3. The number of amides is 2. The zero-order valence-corrected chi connectivity index (χ0v) is 19.1. The Hall–Kier alpha value is -2.72. The van der Waals surface area contributed by atoms with Crippen LogP contribution in [0.5, 0.6) is 0 Å². The quantitative estimate of drug-likeness (QED) is 0.170. The Morgan fingerprint density at radius 3 is 2.03 bits per heavy atom. The van der Waals surface area contributed by atoms with Gasteiger partial charge < -0.3 is 0 Å². The molecule has 0 saturated carbocycles. The van der Waals surface area contributed by atoms with Crippen molar-refractivity contribution in [1.29, 1.82) is 0 Å². The number of alkyl halides is 3. The molecule has 1 unspecified atom stereocenters. The summed E-state index contributed by atoms with van der Waals surface area (Å²) < 4.78 is 41.9. The van der Waals surface area contributed by atoms with Gasteiger partial charge >= 0.3 is 6.18 Å². The molecule has 33 heavy (non-hydrogen) atoms. The summed E-state index contributed by atoms with van der Waals surface area (Å²) in [5.74, 6) is -3.11. The average Bonchev–Trinajstić information content (AvgIpc) is 2.74. The second-order valence-corrected chi connectivity index (χ2v) is 8.91. The van der Waals surface area contributed by atoms with Crippen molar-refractivity contribution in [3.05, 3.63) is 42.0 Å². The van der Waals surface area contributed by atoms with Crippen molar-refractivity contribution in [3.63, 3.8) is 0 Å². The third kappa shape index (κ3) is 7.40. The van der Waals surface area contributed by atoms with Crippen LogP contribution in [0.2, 0.25) is 0 Å². The number of hydrazine groups is 1. The fourth-order valence-electron chi connectivity index (χ4n) is 4.21. The Bertz CT molecular complexity index is 841. The molecule has 0 aliphatic rings. The summed E-state index contributed by atoms with van der Waals surface area (Å²) in [5, 5.41) is 9.43. The molecule has 3 atom stereocenters. The van der Waals surface area contributed by atoms with Gasteiger partial charge in [0, 0.05) is 0 Å². The number of hydrogen-bond acceptors (Lipinski definition) is 5. The highest BCUT2D eigenvalue weighted by atomic mass is 19.4. The van der Waals surface area contributed by atoms with E-state index in [2.05, 4.69) is 0 Å². The van der Waals surface area contributed by atoms with Crippen molar-refractivity contribution < 1.29 is 32.8 Å². The second-order valence-electron chi connectivity index (χ2n) is 8.91. The topological polar surface area (TPSA) is 122 Å². The number of benzene rings is 1. The Morgan fingerprint density at radius 2 is 1.61 bits per heavy atom. The summed E-state index contributed by atoms with van der Waals surface area (Å²) in [6, 6.07) is 8.28. The Balaban J connectivity index is 3.97. The normalized spacial score (nSPS) is 15.8. The first-order valence-electron chi connectivity index (χ1n) is 10.6. The average molecular weight is 472 g/mol. The van der Waals surface area contributed by atoms with Gasteiger partial charge in [-0.25, -0.2) is 11.3 Å². The number of ketones is 1. The van der Waals surface area contributed by atoms with Gasteiger partial charge in [0.2, 0.25) is 17.6 Å². The standard InChI is InChI=1S/C23H32F3N3O4/c1-14(2)12-17(19(30)28-27)18(20(31)29-33)22(13-15(3)4,21(32)23(24,25)26)11-10-16-8-6-5-7-9-16/h5-11,14-15,17-18,33H,12-13,27H2,1-4H3,(H,28,30)(H,29,31)/b11-10+/t17-,18-,22?/m1/s1. The first-order valence-corrected chi connectivity index (χ1v) is 10.6. The van der Waals surface area contributed by atoms with E-state index >= 15 is 0 Å². The van der Waals surface area contributed by atoms with E-state index < -0.39 is 53.4 Å². The zero-order chi connectivity index (χ0) is 25.4. The monoisotopic (exact) mass is 471 g/mol. The fraction of sp³-hybridized carbons (Fsp3) is 0.522. The molecule has 1 aromatic carbocycles. The number of nitrogens with two attached hydrogens (primary N) is 1. The minimum atomic E-state index is -5.31. The molecule has 0 fully saturated rings. The van der Waals surface area contributed by atoms with Crippen LogP contribution in [0.25, 0.3) is 6.08 Å². The largest absolute Gasteiger partial charge is 0.450 e. The molecular weight excluding hydrogens is 439 g/mol. The molecule has 184 valence electrons. The minimum Gasteiger partial charge on any atom is -0.294 e. The van der Waals surface area contributed by atoms with E-state index in [1.165, 1.54) is 11.6 Å². The molecule has 0 radical (unpaired) electrons. The van der Waals surface area contributed by atoms with Crippen LogP contribution in [0.1, 0.15) is 46.1 Å². The summed E-state index contributed by atoms with van der Waals surface area (Å²) in [7, 11) is 0. The van der Waals surface area contributed by atoms with E-state index in [-0.39, 0.29) is 12.3 Å². The molecule has 5 N–H and O–H groups in total. The maximum absolute atomic E-state index is 14.0. The third-order valence-electron chi connectivity index (χ3n) is 5.35. The molecule has 10 heteroatoms. The summed E-state index contributed by atoms with van der Waals surface area (Å²) >= 11 is 0. The highest BCUT2D eigenvalue weighted by molar-refractivity contribution is 5.99. The Kier molecular flexibility index (Phi) is 10.2. The lowest BCUT2D eigenvalue weighted by molar-refractivity contribution is -0.186. The lowest BCUT2D eigenvalue weighted by Crippen LogP contribution is -2.56. The van der Waals surface area contributed by atoms with Gasteiger partial charge in [0.1, 0.15) is 0 Å². The van der Waals surface area contributed by atoms with Crippen LogP contribution >= 0.6 is 0 Å². The van der Waals surface area contributed by atoms with E-state index in [1.54, 1.807) is 58.0 Å². The molecule has 0 spiro atoms. The van der Waals surface area contributed by atoms with E-state index in [4.69, 9.17) is 5.84 Å². The maximum Gasteiger partial charge on any atom is 0.450 e. The molecule has 0 heterocycles. The lowest BCUT2D eigenvalue weighted by atomic mass is 9.60. The first kappa shape index (κ1) is 28.3. The molecule has 0 aliphatic heterocycles. The Labute approximate surface area is 191 Å². The van der Waals surface area contributed by atoms with Gasteiger partial charge in [0.05, 0.1) is 17.3 Å². The van der Waals surface area contributed by atoms with E-state index in [9.17, 15) is 32.8 Å². The second kappa shape index (κ2) is 11.9. The van der Waals surface area contributed by atoms with Gasteiger partial charge in [-0.05, 0) is 30.2 Å². The summed E-state index contributed by atoms with van der Waals surface area (Å²) in [6.07, 6.45) is -3.42. The molecule has 0 aliphatic carbocycles. The van der Waals surface area contributed by atoms with Gasteiger partial charge in [0.25, 0.3) is 0 Å². The predicted molar refractivity (Wildman–Crippen MR) is 117 cm³/mol. The maximum atomic E-state index is 14.0. The molecule has 7 nitrogen and oxygen atoms in total. The van der Waals surface area contributed by atoms with Crippen molar-refractivity contribution in [2.45, 2.75) is 46.7 Å². The van der Waals surface area contributed by atoms with Gasteiger partial charge in [-0.3, -0.25) is 25.0 Å². The smallest absolute Gasteiger partial charge is 0.294 e. The summed E-state index contributed by atoms with van der Waals surface area (Å²) in [4.78, 5) is 38.6. The van der Waals surface area contributed by atoms with Gasteiger partial charge in [-0.15, -0.1) is 0 Å². The zero-order valence-electron chi connectivity index (χ0n) is 19.1. The number of halogens is 3. The number of nitrogens with one attached hydrogen (secondary N) is 2. The van der Waals surface area contributed by atoms with Crippen LogP contribution < -0.4 is 16.7 Å². The molecule has 2 amide bonds. The fourth-order valence-corrected chi connectivity index (χ4v) is 4.21. The number of hydrogen-bond donors (Lipinski definition) is 4. The number of rotatable bonds is 11. The molecule has 0 bridgehead atoms. The molecule has 0 saturated heterocycles. The SMILES string of the molecule is CC(C)C[C@@H](C(=O)NN)[C@H](C(=O)NO)C(/C=C/c1ccccc1)(CC(C)C)C(=O)C(F)(F)F. The van der Waals surface area contributed by atoms with E-state index in [0.717, 1.165) is 6.08 Å². The number of allylic oxidation sites excluding steroid dienone is 1. The van der Waals surface area contributed by atoms with Gasteiger partial charge in [-0.2, -0.15) is 13.2 Å². The molecular formula is C23H32F3N3O4. The number of carbonyl (C=O) groups is 3.